The van der Waals surface area contributed by atoms with E-state index in [1.54, 1.807) is 12.3 Å². The summed E-state index contributed by atoms with van der Waals surface area (Å²) < 4.78 is 1.31. The molecule has 0 aliphatic rings. The van der Waals surface area contributed by atoms with Crippen LogP contribution in [0.2, 0.25) is 0 Å². The first-order valence-electron chi connectivity index (χ1n) is 5.26. The van der Waals surface area contributed by atoms with Crippen LogP contribution in [0.5, 0.6) is 0 Å². The van der Waals surface area contributed by atoms with Gasteiger partial charge in [-0.25, -0.2) is 0 Å². The molecule has 89 valence electrons. The van der Waals surface area contributed by atoms with Crippen molar-refractivity contribution < 1.29 is 37.8 Å². The second-order valence-electron chi connectivity index (χ2n) is 4.04. The van der Waals surface area contributed by atoms with Crippen LogP contribution in [-0.4, -0.2) is 30.4 Å². The van der Waals surface area contributed by atoms with Gasteiger partial charge in [-0.3, -0.25) is 4.79 Å². The normalized spacial score (nSPS) is 10.8. The van der Waals surface area contributed by atoms with Crippen molar-refractivity contribution >= 4 is 15.7 Å². The Kier molecular flexibility index (Phi) is 5.30. The second kappa shape index (κ2) is 6.16. The van der Waals surface area contributed by atoms with E-state index >= 15 is 0 Å². The van der Waals surface area contributed by atoms with E-state index in [-0.39, 0.29) is 43.8 Å². The molecule has 2 rings (SSSR count). The standard InChI is InChI=1S/C12H9B2N2O2.Y/c1-8-2-3-10(15-7-8)16-5-4-9(6-11(16)17)12(13,14)18;/h3-7,18H,1H3;/q-1;. The molecule has 0 spiro atoms. The molecule has 0 aliphatic carbocycles. The van der Waals surface area contributed by atoms with Crippen molar-refractivity contribution in [2.45, 2.75) is 12.3 Å². The van der Waals surface area contributed by atoms with E-state index in [1.807, 2.05) is 6.92 Å². The summed E-state index contributed by atoms with van der Waals surface area (Å²) in [5.74, 6) is 0.440. The molecular formula is C12H9B2N2O2Y-. The maximum atomic E-state index is 11.9. The zero-order valence-electron chi connectivity index (χ0n) is 10.4. The smallest absolute Gasteiger partial charge is 0.245 e. The summed E-state index contributed by atoms with van der Waals surface area (Å²) >= 11 is 0. The van der Waals surface area contributed by atoms with Crippen molar-refractivity contribution in [3.05, 3.63) is 58.1 Å². The van der Waals surface area contributed by atoms with Crippen molar-refractivity contribution in [2.24, 2.45) is 0 Å². The van der Waals surface area contributed by atoms with Crippen LogP contribution in [0.3, 0.4) is 0 Å². The van der Waals surface area contributed by atoms with Gasteiger partial charge < -0.3 is 14.7 Å². The van der Waals surface area contributed by atoms with Crippen molar-refractivity contribution in [3.63, 3.8) is 0 Å². The van der Waals surface area contributed by atoms with Crippen molar-refractivity contribution in [2.75, 3.05) is 0 Å². The minimum atomic E-state index is -2.02. The fourth-order valence-electron chi connectivity index (χ4n) is 1.46. The molecule has 0 saturated carbocycles. The first-order chi connectivity index (χ1) is 8.38. The Hall–Kier alpha value is -0.706. The quantitative estimate of drug-likeness (QED) is 0.614. The Morgan fingerprint density at radius 1 is 1.47 bits per heavy atom. The zero-order valence-corrected chi connectivity index (χ0v) is 13.2. The number of rotatable bonds is 2. The molecule has 0 atom stereocenters. The number of hydrogen-bond donors (Lipinski definition) is 1. The maximum Gasteiger partial charge on any atom is 0.245 e. The van der Waals surface area contributed by atoms with Gasteiger partial charge in [0.1, 0.15) is 15.7 Å². The first-order valence-corrected chi connectivity index (χ1v) is 5.26. The van der Waals surface area contributed by atoms with Crippen LogP contribution < -0.4 is 5.56 Å². The predicted molar refractivity (Wildman–Crippen MR) is 68.8 cm³/mol. The summed E-state index contributed by atoms with van der Waals surface area (Å²) in [5, 5.41) is 7.37. The van der Waals surface area contributed by atoms with Crippen LogP contribution in [0, 0.1) is 13.0 Å². The largest absolute Gasteiger partial charge is 0.405 e. The topological polar surface area (TPSA) is 55.1 Å². The van der Waals surface area contributed by atoms with Crippen LogP contribution in [0.25, 0.3) is 5.82 Å². The molecule has 19 heavy (non-hydrogen) atoms. The average Bonchev–Trinajstić information content (AvgIpc) is 2.29. The van der Waals surface area contributed by atoms with Crippen molar-refractivity contribution in [1.29, 1.82) is 0 Å². The van der Waals surface area contributed by atoms with Crippen LogP contribution in [0.15, 0.2) is 35.4 Å². The van der Waals surface area contributed by atoms with Gasteiger partial charge >= 0.3 is 0 Å². The molecule has 1 N–H and O–H groups in total. The molecule has 0 aromatic carbocycles. The molecule has 2 heterocycles. The molecule has 2 aromatic heterocycles. The molecular weight excluding hydrogens is 315 g/mol. The third-order valence-corrected chi connectivity index (χ3v) is 2.45. The molecule has 0 saturated heterocycles. The minimum Gasteiger partial charge on any atom is -0.405 e. The average molecular weight is 324 g/mol. The van der Waals surface area contributed by atoms with Crippen molar-refractivity contribution in [1.82, 2.24) is 9.55 Å². The molecule has 4 nitrogen and oxygen atoms in total. The van der Waals surface area contributed by atoms with E-state index in [0.29, 0.717) is 5.82 Å². The number of nitrogens with zero attached hydrogens (tertiary/aromatic N) is 2. The molecule has 0 bridgehead atoms. The van der Waals surface area contributed by atoms with Crippen molar-refractivity contribution in [3.8, 4) is 5.82 Å². The van der Waals surface area contributed by atoms with E-state index in [1.165, 1.54) is 22.9 Å². The van der Waals surface area contributed by atoms with Gasteiger partial charge in [-0.1, -0.05) is 13.1 Å². The molecule has 5 radical (unpaired) electrons. The predicted octanol–water partition coefficient (Wildman–Crippen LogP) is -0.222. The van der Waals surface area contributed by atoms with Crippen LogP contribution >= 0.6 is 0 Å². The Labute approximate surface area is 139 Å². The zero-order chi connectivity index (χ0) is 13.3. The van der Waals surface area contributed by atoms with Gasteiger partial charge in [0.25, 0.3) is 0 Å². The number of aryl methyl sites for hydroxylation is 1. The summed E-state index contributed by atoms with van der Waals surface area (Å²) in [4.78, 5) is 16.0. The Balaban J connectivity index is 0.00000180. The van der Waals surface area contributed by atoms with Gasteiger partial charge in [0.15, 0.2) is 0 Å². The fraction of sp³-hybridized carbons (Fsp3) is 0.167. The Morgan fingerprint density at radius 2 is 2.16 bits per heavy atom. The molecule has 0 aliphatic heterocycles. The SMILES string of the molecule is [B]C([B])(O)c1ccn(-c2c[c-]c(C)cn2)c(=O)c1.[Y]. The number of hydrogen-bond acceptors (Lipinski definition) is 3. The van der Waals surface area contributed by atoms with Crippen LogP contribution in [-0.2, 0) is 38.1 Å². The summed E-state index contributed by atoms with van der Waals surface area (Å²) in [6.45, 7) is 1.85. The molecule has 0 unspecified atom stereocenters. The van der Waals surface area contributed by atoms with E-state index in [9.17, 15) is 9.90 Å². The van der Waals surface area contributed by atoms with Gasteiger partial charge in [-0.05, 0) is 11.6 Å². The molecule has 2 aromatic rings. The Morgan fingerprint density at radius 3 is 2.63 bits per heavy atom. The van der Waals surface area contributed by atoms with E-state index in [2.05, 4.69) is 11.1 Å². The van der Waals surface area contributed by atoms with E-state index in [4.69, 9.17) is 15.7 Å². The minimum absolute atomic E-state index is 0. The third kappa shape index (κ3) is 3.88. The summed E-state index contributed by atoms with van der Waals surface area (Å²) in [5.41, 5.74) is 0.633. The van der Waals surface area contributed by atoms with E-state index < -0.39 is 5.40 Å². The number of pyridine rings is 2. The third-order valence-electron chi connectivity index (χ3n) is 2.45. The second-order valence-corrected chi connectivity index (χ2v) is 4.04. The van der Waals surface area contributed by atoms with E-state index in [0.717, 1.165) is 5.56 Å². The molecule has 0 amide bonds. The summed E-state index contributed by atoms with van der Waals surface area (Å²) in [7, 11) is 10.6. The first kappa shape index (κ1) is 16.3. The summed E-state index contributed by atoms with van der Waals surface area (Å²) in [6.07, 6.45) is 3.06. The number of aromatic nitrogens is 2. The Bertz CT molecular complexity index is 621. The maximum absolute atomic E-state index is 11.9. The van der Waals surface area contributed by atoms with Gasteiger partial charge in [0.2, 0.25) is 5.56 Å². The van der Waals surface area contributed by atoms with Gasteiger partial charge in [-0.2, -0.15) is 6.07 Å². The molecule has 7 heteroatoms. The van der Waals surface area contributed by atoms with Gasteiger partial charge in [0.05, 0.1) is 0 Å². The summed E-state index contributed by atoms with van der Waals surface area (Å²) in [6, 6.07) is 7.18. The molecule has 0 fully saturated rings. The van der Waals surface area contributed by atoms with Gasteiger partial charge in [-0.15, -0.1) is 11.6 Å². The monoisotopic (exact) mass is 324 g/mol. The van der Waals surface area contributed by atoms with Gasteiger partial charge in [0, 0.05) is 56.2 Å². The fourth-order valence-corrected chi connectivity index (χ4v) is 1.46. The van der Waals surface area contributed by atoms with Crippen LogP contribution in [0.4, 0.5) is 0 Å². The van der Waals surface area contributed by atoms with Crippen LogP contribution in [0.1, 0.15) is 11.1 Å². The number of aliphatic hydroxyl groups is 1.